The molecule has 0 aliphatic carbocycles. The van der Waals surface area contributed by atoms with Gasteiger partial charge in [-0.1, -0.05) is 18.2 Å². The number of amides is 3. The molecule has 142 valence electrons. The Labute approximate surface area is 158 Å². The monoisotopic (exact) mass is 369 g/mol. The first-order chi connectivity index (χ1) is 13.0. The zero-order valence-electron chi connectivity index (χ0n) is 15.6. The first-order valence-electron chi connectivity index (χ1n) is 8.72. The lowest BCUT2D eigenvalue weighted by Crippen LogP contribution is -2.47. The van der Waals surface area contributed by atoms with E-state index in [0.717, 1.165) is 17.7 Å². The summed E-state index contributed by atoms with van der Waals surface area (Å²) >= 11 is 0. The Morgan fingerprint density at radius 2 is 1.89 bits per heavy atom. The smallest absolute Gasteiger partial charge is 0.319 e. The number of para-hydroxylation sites is 1. The number of methoxy groups -OCH3 is 2. The third-order valence-corrected chi connectivity index (χ3v) is 4.53. The molecule has 3 rings (SSSR count). The van der Waals surface area contributed by atoms with Gasteiger partial charge in [-0.25, -0.2) is 4.79 Å². The van der Waals surface area contributed by atoms with Crippen LogP contribution in [-0.2, 0) is 11.2 Å². The number of hydrogen-bond donors (Lipinski definition) is 2. The molecule has 0 saturated heterocycles. The number of carbonyl (C=O) groups is 2. The van der Waals surface area contributed by atoms with Crippen molar-refractivity contribution in [1.82, 2.24) is 5.32 Å². The number of anilines is 2. The summed E-state index contributed by atoms with van der Waals surface area (Å²) in [5, 5.41) is 5.39. The third-order valence-electron chi connectivity index (χ3n) is 4.53. The van der Waals surface area contributed by atoms with Crippen molar-refractivity contribution in [3.63, 3.8) is 0 Å². The summed E-state index contributed by atoms with van der Waals surface area (Å²) < 4.78 is 10.4. The highest BCUT2D eigenvalue weighted by atomic mass is 16.5. The molecule has 2 aromatic rings. The summed E-state index contributed by atoms with van der Waals surface area (Å²) in [5.41, 5.74) is 2.54. The molecule has 0 fully saturated rings. The average Bonchev–Trinajstić information content (AvgIpc) is 3.11. The normalized spacial score (nSPS) is 13.5. The van der Waals surface area contributed by atoms with Crippen LogP contribution in [0.2, 0.25) is 0 Å². The highest BCUT2D eigenvalue weighted by Gasteiger charge is 2.28. The highest BCUT2D eigenvalue weighted by Crippen LogP contribution is 2.29. The van der Waals surface area contributed by atoms with Gasteiger partial charge >= 0.3 is 6.03 Å². The minimum atomic E-state index is -0.666. The molecular formula is C20H23N3O4. The number of fused-ring (bicyclic) bond motifs is 1. The van der Waals surface area contributed by atoms with E-state index in [1.54, 1.807) is 37.1 Å². The van der Waals surface area contributed by atoms with Crippen molar-refractivity contribution in [2.24, 2.45) is 0 Å². The minimum Gasteiger partial charge on any atom is -0.497 e. The Hall–Kier alpha value is -3.22. The number of carbonyl (C=O) groups excluding carboxylic acids is 2. The van der Waals surface area contributed by atoms with E-state index in [9.17, 15) is 9.59 Å². The Kier molecular flexibility index (Phi) is 5.49. The number of nitrogens with zero attached hydrogens (tertiary/aromatic N) is 1. The number of rotatable bonds is 5. The van der Waals surface area contributed by atoms with Gasteiger partial charge in [-0.15, -0.1) is 0 Å². The molecular weight excluding hydrogens is 346 g/mol. The number of urea groups is 1. The summed E-state index contributed by atoms with van der Waals surface area (Å²) in [6, 6.07) is 11.7. The maximum absolute atomic E-state index is 12.7. The van der Waals surface area contributed by atoms with Gasteiger partial charge in [0.2, 0.25) is 5.91 Å². The van der Waals surface area contributed by atoms with Gasteiger partial charge in [0, 0.05) is 18.3 Å². The molecule has 7 heteroatoms. The van der Waals surface area contributed by atoms with E-state index < -0.39 is 12.1 Å². The lowest BCUT2D eigenvalue weighted by Gasteiger charge is -2.22. The van der Waals surface area contributed by atoms with Gasteiger partial charge < -0.3 is 25.0 Å². The lowest BCUT2D eigenvalue weighted by molar-refractivity contribution is -0.119. The Bertz CT molecular complexity index is 853. The van der Waals surface area contributed by atoms with E-state index in [1.807, 2.05) is 24.3 Å². The lowest BCUT2D eigenvalue weighted by atomic mass is 10.2. The van der Waals surface area contributed by atoms with Crippen LogP contribution < -0.4 is 25.0 Å². The van der Waals surface area contributed by atoms with Crippen LogP contribution >= 0.6 is 0 Å². The average molecular weight is 369 g/mol. The van der Waals surface area contributed by atoms with E-state index in [-0.39, 0.29) is 5.91 Å². The summed E-state index contributed by atoms with van der Waals surface area (Å²) in [7, 11) is 3.06. The summed E-state index contributed by atoms with van der Waals surface area (Å²) in [5.74, 6) is 0.947. The van der Waals surface area contributed by atoms with Crippen molar-refractivity contribution in [2.75, 3.05) is 31.0 Å². The molecule has 1 heterocycles. The molecule has 1 unspecified atom stereocenters. The van der Waals surface area contributed by atoms with E-state index in [1.165, 1.54) is 7.11 Å². The van der Waals surface area contributed by atoms with E-state index >= 15 is 0 Å². The minimum absolute atomic E-state index is 0.142. The maximum Gasteiger partial charge on any atom is 0.319 e. The van der Waals surface area contributed by atoms with Gasteiger partial charge in [0.25, 0.3) is 0 Å². The summed E-state index contributed by atoms with van der Waals surface area (Å²) in [4.78, 5) is 26.8. The van der Waals surface area contributed by atoms with Crippen LogP contribution in [0.3, 0.4) is 0 Å². The van der Waals surface area contributed by atoms with Gasteiger partial charge in [-0.2, -0.15) is 0 Å². The van der Waals surface area contributed by atoms with Crippen LogP contribution in [0.15, 0.2) is 42.5 Å². The maximum atomic E-state index is 12.7. The molecule has 0 aromatic heterocycles. The van der Waals surface area contributed by atoms with Crippen molar-refractivity contribution in [3.8, 4) is 11.5 Å². The molecule has 3 amide bonds. The van der Waals surface area contributed by atoms with Gasteiger partial charge in [0.05, 0.1) is 19.9 Å². The SMILES string of the molecule is COc1ccc(NC(=O)NC(C)C(=O)N2CCc3ccccc32)c(OC)c1. The first-order valence-corrected chi connectivity index (χ1v) is 8.72. The standard InChI is InChI=1S/C20H23N3O4/c1-13(19(24)23-11-10-14-6-4-5-7-17(14)23)21-20(25)22-16-9-8-15(26-2)12-18(16)27-3/h4-9,12-13H,10-11H2,1-3H3,(H2,21,22,25). The molecule has 0 radical (unpaired) electrons. The van der Waals surface area contributed by atoms with Gasteiger partial charge in [-0.05, 0) is 37.1 Å². The van der Waals surface area contributed by atoms with E-state index in [2.05, 4.69) is 10.6 Å². The van der Waals surface area contributed by atoms with Gasteiger partial charge in [0.1, 0.15) is 17.5 Å². The summed E-state index contributed by atoms with van der Waals surface area (Å²) in [6.07, 6.45) is 0.823. The van der Waals surface area contributed by atoms with Gasteiger partial charge in [-0.3, -0.25) is 4.79 Å². The summed E-state index contributed by atoms with van der Waals surface area (Å²) in [6.45, 7) is 2.30. The van der Waals surface area contributed by atoms with Crippen molar-refractivity contribution >= 4 is 23.3 Å². The molecule has 2 aromatic carbocycles. The molecule has 0 bridgehead atoms. The molecule has 1 atom stereocenters. The molecule has 2 N–H and O–H groups in total. The van der Waals surface area contributed by atoms with Crippen molar-refractivity contribution in [3.05, 3.63) is 48.0 Å². The fourth-order valence-electron chi connectivity index (χ4n) is 3.12. The van der Waals surface area contributed by atoms with Crippen LogP contribution in [-0.4, -0.2) is 38.7 Å². The highest BCUT2D eigenvalue weighted by molar-refractivity contribution is 6.02. The second kappa shape index (κ2) is 7.99. The topological polar surface area (TPSA) is 79.9 Å². The van der Waals surface area contributed by atoms with E-state index in [4.69, 9.17) is 9.47 Å². The van der Waals surface area contributed by atoms with Crippen molar-refractivity contribution in [2.45, 2.75) is 19.4 Å². The molecule has 1 aliphatic heterocycles. The number of ether oxygens (including phenoxy) is 2. The molecule has 27 heavy (non-hydrogen) atoms. The second-order valence-corrected chi connectivity index (χ2v) is 6.25. The van der Waals surface area contributed by atoms with Crippen LogP contribution in [0.4, 0.5) is 16.2 Å². The molecule has 7 nitrogen and oxygen atoms in total. The molecule has 1 aliphatic rings. The molecule has 0 spiro atoms. The van der Waals surface area contributed by atoms with Crippen LogP contribution in [0.5, 0.6) is 11.5 Å². The van der Waals surface area contributed by atoms with Crippen LogP contribution in [0.25, 0.3) is 0 Å². The molecule has 0 saturated carbocycles. The number of hydrogen-bond acceptors (Lipinski definition) is 4. The Morgan fingerprint density at radius 1 is 1.11 bits per heavy atom. The van der Waals surface area contributed by atoms with Crippen molar-refractivity contribution < 1.29 is 19.1 Å². The predicted molar refractivity (Wildman–Crippen MR) is 104 cm³/mol. The number of benzene rings is 2. The largest absolute Gasteiger partial charge is 0.497 e. The van der Waals surface area contributed by atoms with E-state index in [0.29, 0.717) is 23.7 Å². The second-order valence-electron chi connectivity index (χ2n) is 6.25. The van der Waals surface area contributed by atoms with Crippen LogP contribution in [0, 0.1) is 0 Å². The zero-order valence-corrected chi connectivity index (χ0v) is 15.6. The Morgan fingerprint density at radius 3 is 2.63 bits per heavy atom. The van der Waals surface area contributed by atoms with Crippen molar-refractivity contribution in [1.29, 1.82) is 0 Å². The fourth-order valence-corrected chi connectivity index (χ4v) is 3.12. The predicted octanol–water partition coefficient (Wildman–Crippen LogP) is 2.80. The zero-order chi connectivity index (χ0) is 19.4. The third kappa shape index (κ3) is 3.97. The first kappa shape index (κ1) is 18.6. The van der Waals surface area contributed by atoms with Gasteiger partial charge in [0.15, 0.2) is 0 Å². The number of nitrogens with one attached hydrogen (secondary N) is 2. The fraction of sp³-hybridized carbons (Fsp3) is 0.300. The quantitative estimate of drug-likeness (QED) is 0.849. The van der Waals surface area contributed by atoms with Crippen LogP contribution in [0.1, 0.15) is 12.5 Å². The Balaban J connectivity index is 1.64.